The summed E-state index contributed by atoms with van der Waals surface area (Å²) in [4.78, 5) is 10.4. The zero-order valence-electron chi connectivity index (χ0n) is 8.83. The molecule has 2 nitrogen and oxygen atoms in total. The van der Waals surface area contributed by atoms with Crippen molar-refractivity contribution in [2.75, 3.05) is 0 Å². The average Bonchev–Trinajstić information content (AvgIpc) is 2.15. The molecule has 0 rings (SSSR count). The Balaban J connectivity index is 0. The minimum absolute atomic E-state index is 0.333. The zero-order chi connectivity index (χ0) is 10.7. The molecule has 2 heteroatoms. The summed E-state index contributed by atoms with van der Waals surface area (Å²) in [7, 11) is 0. The number of rotatable bonds is 3. The molecule has 0 saturated carbocycles. The summed E-state index contributed by atoms with van der Waals surface area (Å²) in [6.45, 7) is 10.7. The molecule has 0 aliphatic carbocycles. The Kier molecular flexibility index (Phi) is 11.7. The van der Waals surface area contributed by atoms with E-state index < -0.39 is 0 Å². The van der Waals surface area contributed by atoms with E-state index in [4.69, 9.17) is 4.74 Å². The number of allylic oxidation sites excluding steroid dienone is 4. The first-order valence-electron chi connectivity index (χ1n) is 4.34. The van der Waals surface area contributed by atoms with Gasteiger partial charge in [0.25, 0.3) is 0 Å². The Labute approximate surface area is 80.6 Å². The summed E-state index contributed by atoms with van der Waals surface area (Å²) in [6, 6.07) is 0. The molecule has 0 bridgehead atoms. The Morgan fingerprint density at radius 3 is 2.23 bits per heavy atom. The van der Waals surface area contributed by atoms with E-state index in [1.807, 2.05) is 26.8 Å². The van der Waals surface area contributed by atoms with Crippen molar-refractivity contribution in [3.05, 3.63) is 36.6 Å². The molecule has 0 aromatic carbocycles. The van der Waals surface area contributed by atoms with Gasteiger partial charge in [-0.25, -0.2) is 0 Å². The van der Waals surface area contributed by atoms with Crippen LogP contribution in [0.15, 0.2) is 36.6 Å². The van der Waals surface area contributed by atoms with Crippen molar-refractivity contribution < 1.29 is 9.53 Å². The van der Waals surface area contributed by atoms with Crippen molar-refractivity contribution in [1.29, 1.82) is 0 Å². The van der Waals surface area contributed by atoms with Gasteiger partial charge in [-0.15, -0.1) is 0 Å². The fraction of sp³-hybridized carbons (Fsp3) is 0.364. The van der Waals surface area contributed by atoms with Gasteiger partial charge in [0.2, 0.25) is 0 Å². The van der Waals surface area contributed by atoms with Crippen molar-refractivity contribution in [3.63, 3.8) is 0 Å². The largest absolute Gasteiger partial charge is 0.427 e. The summed E-state index contributed by atoms with van der Waals surface area (Å²) in [5.74, 6) is 0.135. The number of hydrogen-bond acceptors (Lipinski definition) is 2. The van der Waals surface area contributed by atoms with Gasteiger partial charge in [0.1, 0.15) is 5.76 Å². The minimum Gasteiger partial charge on any atom is -0.427 e. The molecule has 0 saturated heterocycles. The summed E-state index contributed by atoms with van der Waals surface area (Å²) in [5, 5.41) is 0. The molecule has 0 aliphatic heterocycles. The number of ether oxygens (including phenoxy) is 1. The molecule has 0 aliphatic rings. The highest BCUT2D eigenvalue weighted by molar-refractivity contribution is 5.67. The molecule has 74 valence electrons. The molecular weight excluding hydrogens is 164 g/mol. The van der Waals surface area contributed by atoms with E-state index in [-0.39, 0.29) is 5.97 Å². The summed E-state index contributed by atoms with van der Waals surface area (Å²) in [5.41, 5.74) is 0. The lowest BCUT2D eigenvalue weighted by Gasteiger charge is -1.98. The highest BCUT2D eigenvalue weighted by atomic mass is 16.5. The van der Waals surface area contributed by atoms with Gasteiger partial charge in [0.05, 0.1) is 0 Å². The molecule has 0 atom stereocenters. The van der Waals surface area contributed by atoms with Crippen LogP contribution in [0.2, 0.25) is 0 Å². The minimum atomic E-state index is -0.333. The highest BCUT2D eigenvalue weighted by Gasteiger charge is 1.93. The third-order valence-corrected chi connectivity index (χ3v) is 0.916. The van der Waals surface area contributed by atoms with Crippen LogP contribution in [0, 0.1) is 0 Å². The average molecular weight is 182 g/mol. The first-order valence-corrected chi connectivity index (χ1v) is 4.34. The molecule has 0 radical (unpaired) electrons. The van der Waals surface area contributed by atoms with Gasteiger partial charge in [-0.3, -0.25) is 4.79 Å². The van der Waals surface area contributed by atoms with E-state index in [2.05, 4.69) is 6.58 Å². The van der Waals surface area contributed by atoms with E-state index in [1.54, 1.807) is 12.2 Å². The van der Waals surface area contributed by atoms with Gasteiger partial charge in [-0.2, -0.15) is 0 Å². The van der Waals surface area contributed by atoms with Crippen LogP contribution < -0.4 is 0 Å². The summed E-state index contributed by atoms with van der Waals surface area (Å²) < 4.78 is 4.75. The SMILES string of the molecule is C=C/C(=C\C=C/C)OC(C)=O.CC. The van der Waals surface area contributed by atoms with Crippen LogP contribution in [0.25, 0.3) is 0 Å². The van der Waals surface area contributed by atoms with E-state index in [1.165, 1.54) is 13.0 Å². The van der Waals surface area contributed by atoms with Gasteiger partial charge in [0.15, 0.2) is 0 Å². The predicted molar refractivity (Wildman–Crippen MR) is 56.2 cm³/mol. The normalized spacial score (nSPS) is 10.3. The van der Waals surface area contributed by atoms with Crippen LogP contribution in [0.1, 0.15) is 27.7 Å². The van der Waals surface area contributed by atoms with Gasteiger partial charge in [-0.05, 0) is 19.1 Å². The fourth-order valence-corrected chi connectivity index (χ4v) is 0.501. The smallest absolute Gasteiger partial charge is 0.308 e. The lowest BCUT2D eigenvalue weighted by Crippen LogP contribution is -1.95. The third kappa shape index (κ3) is 10.7. The number of carbonyl (C=O) groups is 1. The first kappa shape index (κ1) is 14.2. The van der Waals surface area contributed by atoms with Crippen LogP contribution in [0.4, 0.5) is 0 Å². The molecule has 13 heavy (non-hydrogen) atoms. The Bertz CT molecular complexity index is 200. The standard InChI is InChI=1S/C9H12O2.C2H6/c1-4-6-7-9(5-2)11-8(3)10;1-2/h4-7H,2H2,1,3H3;1-2H3/b6-4-,9-7+;. The van der Waals surface area contributed by atoms with E-state index in [9.17, 15) is 4.79 Å². The molecule has 0 amide bonds. The van der Waals surface area contributed by atoms with Gasteiger partial charge in [-0.1, -0.05) is 32.6 Å². The number of hydrogen-bond donors (Lipinski definition) is 0. The monoisotopic (exact) mass is 182 g/mol. The zero-order valence-corrected chi connectivity index (χ0v) is 8.83. The van der Waals surface area contributed by atoms with Crippen LogP contribution >= 0.6 is 0 Å². The maximum atomic E-state index is 10.4. The quantitative estimate of drug-likeness (QED) is 0.380. The van der Waals surface area contributed by atoms with Crippen molar-refractivity contribution >= 4 is 5.97 Å². The van der Waals surface area contributed by atoms with Crippen LogP contribution in [-0.2, 0) is 9.53 Å². The second-order valence-electron chi connectivity index (χ2n) is 1.89. The predicted octanol–water partition coefficient (Wildman–Crippen LogP) is 3.22. The van der Waals surface area contributed by atoms with Gasteiger partial charge >= 0.3 is 5.97 Å². The van der Waals surface area contributed by atoms with E-state index >= 15 is 0 Å². The van der Waals surface area contributed by atoms with Crippen molar-refractivity contribution in [2.45, 2.75) is 27.7 Å². The van der Waals surface area contributed by atoms with Crippen molar-refractivity contribution in [3.8, 4) is 0 Å². The van der Waals surface area contributed by atoms with Crippen LogP contribution in [0.5, 0.6) is 0 Å². The maximum absolute atomic E-state index is 10.4. The van der Waals surface area contributed by atoms with Gasteiger partial charge in [0, 0.05) is 6.92 Å². The van der Waals surface area contributed by atoms with Crippen LogP contribution in [-0.4, -0.2) is 5.97 Å². The molecule has 0 fully saturated rings. The lowest BCUT2D eigenvalue weighted by atomic mass is 10.4. The molecule has 0 aromatic rings. The second-order valence-corrected chi connectivity index (χ2v) is 1.89. The molecule has 0 spiro atoms. The van der Waals surface area contributed by atoms with Crippen molar-refractivity contribution in [2.24, 2.45) is 0 Å². The van der Waals surface area contributed by atoms with E-state index in [0.29, 0.717) is 5.76 Å². The Morgan fingerprint density at radius 1 is 1.38 bits per heavy atom. The first-order chi connectivity index (χ1) is 6.20. The van der Waals surface area contributed by atoms with E-state index in [0.717, 1.165) is 0 Å². The number of carbonyl (C=O) groups excluding carboxylic acids is 1. The molecule has 0 unspecified atom stereocenters. The van der Waals surface area contributed by atoms with Gasteiger partial charge < -0.3 is 4.74 Å². The Hall–Kier alpha value is -1.31. The molecular formula is C11H18O2. The Morgan fingerprint density at radius 2 is 1.92 bits per heavy atom. The van der Waals surface area contributed by atoms with Crippen LogP contribution in [0.3, 0.4) is 0 Å². The summed E-state index contributed by atoms with van der Waals surface area (Å²) >= 11 is 0. The third-order valence-electron chi connectivity index (χ3n) is 0.916. The lowest BCUT2D eigenvalue weighted by molar-refractivity contribution is -0.136. The van der Waals surface area contributed by atoms with Crippen molar-refractivity contribution in [1.82, 2.24) is 0 Å². The molecule has 0 aromatic heterocycles. The fourth-order valence-electron chi connectivity index (χ4n) is 0.501. The molecule has 0 heterocycles. The highest BCUT2D eigenvalue weighted by Crippen LogP contribution is 1.98. The molecule has 0 N–H and O–H groups in total. The summed E-state index contributed by atoms with van der Waals surface area (Å²) in [6.07, 6.45) is 6.78. The topological polar surface area (TPSA) is 26.3 Å². The second kappa shape index (κ2) is 10.7. The maximum Gasteiger partial charge on any atom is 0.308 e. The number of esters is 1.